The SMILES string of the molecule is C[C@H](c1ccccc1)N1C[C@H](C(=O)NCCCn2cncn2)CC1=O. The summed E-state index contributed by atoms with van der Waals surface area (Å²) in [6.45, 7) is 3.76. The maximum absolute atomic E-state index is 12.3. The summed E-state index contributed by atoms with van der Waals surface area (Å²) in [4.78, 5) is 30.3. The van der Waals surface area contributed by atoms with Crippen LogP contribution in [0.3, 0.4) is 0 Å². The predicted octanol–water partition coefficient (Wildman–Crippen LogP) is 1.39. The van der Waals surface area contributed by atoms with E-state index in [9.17, 15) is 9.59 Å². The Morgan fingerprint density at radius 2 is 2.16 bits per heavy atom. The molecular weight excluding hydrogens is 318 g/mol. The Morgan fingerprint density at radius 1 is 1.36 bits per heavy atom. The number of hydrogen-bond donors (Lipinski definition) is 1. The molecule has 0 spiro atoms. The lowest BCUT2D eigenvalue weighted by molar-refractivity contribution is -0.130. The van der Waals surface area contributed by atoms with Crippen molar-refractivity contribution >= 4 is 11.8 Å². The second-order valence-corrected chi connectivity index (χ2v) is 6.34. The number of benzene rings is 1. The molecule has 3 rings (SSSR count). The van der Waals surface area contributed by atoms with E-state index in [1.54, 1.807) is 15.9 Å². The fourth-order valence-electron chi connectivity index (χ4n) is 3.14. The van der Waals surface area contributed by atoms with Gasteiger partial charge < -0.3 is 10.2 Å². The Bertz CT molecular complexity index is 702. The Balaban J connectivity index is 1.47. The van der Waals surface area contributed by atoms with Gasteiger partial charge in [0.05, 0.1) is 12.0 Å². The van der Waals surface area contributed by atoms with Gasteiger partial charge in [0.15, 0.2) is 0 Å². The van der Waals surface area contributed by atoms with Crippen molar-refractivity contribution in [3.8, 4) is 0 Å². The van der Waals surface area contributed by atoms with Gasteiger partial charge >= 0.3 is 0 Å². The number of hydrogen-bond acceptors (Lipinski definition) is 4. The van der Waals surface area contributed by atoms with Crippen LogP contribution in [0.25, 0.3) is 0 Å². The normalized spacial score (nSPS) is 18.4. The number of aromatic nitrogens is 3. The van der Waals surface area contributed by atoms with Gasteiger partial charge in [-0.1, -0.05) is 30.3 Å². The fraction of sp³-hybridized carbons (Fsp3) is 0.444. The molecule has 2 atom stereocenters. The van der Waals surface area contributed by atoms with Gasteiger partial charge in [0.25, 0.3) is 0 Å². The number of nitrogens with zero attached hydrogens (tertiary/aromatic N) is 4. The molecule has 0 bridgehead atoms. The summed E-state index contributed by atoms with van der Waals surface area (Å²) >= 11 is 0. The number of amides is 2. The smallest absolute Gasteiger partial charge is 0.225 e. The van der Waals surface area contributed by atoms with Crippen molar-refractivity contribution in [2.45, 2.75) is 32.4 Å². The van der Waals surface area contributed by atoms with Crippen LogP contribution in [-0.2, 0) is 16.1 Å². The molecule has 1 N–H and O–H groups in total. The molecule has 2 heterocycles. The van der Waals surface area contributed by atoms with Crippen molar-refractivity contribution in [3.63, 3.8) is 0 Å². The second-order valence-electron chi connectivity index (χ2n) is 6.34. The van der Waals surface area contributed by atoms with Gasteiger partial charge in [-0.3, -0.25) is 14.3 Å². The highest BCUT2D eigenvalue weighted by atomic mass is 16.2. The summed E-state index contributed by atoms with van der Waals surface area (Å²) in [5, 5.41) is 6.95. The van der Waals surface area contributed by atoms with Crippen molar-refractivity contribution in [3.05, 3.63) is 48.5 Å². The van der Waals surface area contributed by atoms with Crippen LogP contribution in [0.2, 0.25) is 0 Å². The number of carbonyl (C=O) groups is 2. The van der Waals surface area contributed by atoms with Gasteiger partial charge in [-0.2, -0.15) is 5.10 Å². The first-order valence-corrected chi connectivity index (χ1v) is 8.59. The van der Waals surface area contributed by atoms with Crippen molar-refractivity contribution in [2.24, 2.45) is 5.92 Å². The lowest BCUT2D eigenvalue weighted by atomic mass is 10.1. The van der Waals surface area contributed by atoms with Crippen LogP contribution in [0.15, 0.2) is 43.0 Å². The lowest BCUT2D eigenvalue weighted by Crippen LogP contribution is -2.34. The third-order valence-corrected chi connectivity index (χ3v) is 4.61. The molecule has 1 saturated heterocycles. The third kappa shape index (κ3) is 4.23. The number of likely N-dealkylation sites (tertiary alicyclic amines) is 1. The topological polar surface area (TPSA) is 80.1 Å². The minimum Gasteiger partial charge on any atom is -0.356 e. The van der Waals surface area contributed by atoms with E-state index in [4.69, 9.17) is 0 Å². The van der Waals surface area contributed by atoms with Gasteiger partial charge in [0.2, 0.25) is 11.8 Å². The quantitative estimate of drug-likeness (QED) is 0.772. The summed E-state index contributed by atoms with van der Waals surface area (Å²) in [5.41, 5.74) is 1.09. The molecule has 0 saturated carbocycles. The zero-order valence-corrected chi connectivity index (χ0v) is 14.3. The molecule has 25 heavy (non-hydrogen) atoms. The minimum atomic E-state index is -0.273. The van der Waals surface area contributed by atoms with Crippen LogP contribution in [0.1, 0.15) is 31.4 Å². The molecule has 0 unspecified atom stereocenters. The van der Waals surface area contributed by atoms with Gasteiger partial charge in [0.1, 0.15) is 12.7 Å². The van der Waals surface area contributed by atoms with Crippen molar-refractivity contribution in [1.82, 2.24) is 25.0 Å². The molecule has 1 aliphatic heterocycles. The molecule has 0 radical (unpaired) electrons. The van der Waals surface area contributed by atoms with Crippen LogP contribution in [0.5, 0.6) is 0 Å². The van der Waals surface area contributed by atoms with Crippen molar-refractivity contribution in [1.29, 1.82) is 0 Å². The van der Waals surface area contributed by atoms with Gasteiger partial charge in [-0.05, 0) is 18.9 Å². The zero-order valence-electron chi connectivity index (χ0n) is 14.3. The Morgan fingerprint density at radius 3 is 2.88 bits per heavy atom. The van der Waals surface area contributed by atoms with Gasteiger partial charge in [-0.15, -0.1) is 0 Å². The van der Waals surface area contributed by atoms with E-state index in [1.807, 2.05) is 37.3 Å². The summed E-state index contributed by atoms with van der Waals surface area (Å²) in [6, 6.07) is 9.89. The van der Waals surface area contributed by atoms with E-state index in [1.165, 1.54) is 6.33 Å². The second kappa shape index (κ2) is 7.92. The average molecular weight is 341 g/mol. The molecule has 2 aromatic rings. The highest BCUT2D eigenvalue weighted by molar-refractivity contribution is 5.89. The summed E-state index contributed by atoms with van der Waals surface area (Å²) in [7, 11) is 0. The maximum atomic E-state index is 12.3. The summed E-state index contributed by atoms with van der Waals surface area (Å²) in [6.07, 6.45) is 4.21. The largest absolute Gasteiger partial charge is 0.356 e. The van der Waals surface area contributed by atoms with Crippen LogP contribution in [0.4, 0.5) is 0 Å². The number of aryl methyl sites for hydroxylation is 1. The lowest BCUT2D eigenvalue weighted by Gasteiger charge is -2.25. The molecule has 1 fully saturated rings. The zero-order chi connectivity index (χ0) is 17.6. The van der Waals surface area contributed by atoms with E-state index in [0.29, 0.717) is 19.6 Å². The van der Waals surface area contributed by atoms with E-state index < -0.39 is 0 Å². The van der Waals surface area contributed by atoms with Crippen LogP contribution < -0.4 is 5.32 Å². The summed E-state index contributed by atoms with van der Waals surface area (Å²) in [5.74, 6) is -0.279. The Hall–Kier alpha value is -2.70. The van der Waals surface area contributed by atoms with Crippen LogP contribution in [0, 0.1) is 5.92 Å². The third-order valence-electron chi connectivity index (χ3n) is 4.61. The monoisotopic (exact) mass is 341 g/mol. The molecule has 1 aromatic carbocycles. The first-order chi connectivity index (χ1) is 12.1. The first kappa shape index (κ1) is 17.1. The molecule has 132 valence electrons. The van der Waals surface area contributed by atoms with Gasteiger partial charge in [0, 0.05) is 26.1 Å². The van der Waals surface area contributed by atoms with Crippen LogP contribution >= 0.6 is 0 Å². The maximum Gasteiger partial charge on any atom is 0.225 e. The fourth-order valence-corrected chi connectivity index (χ4v) is 3.14. The number of carbonyl (C=O) groups excluding carboxylic acids is 2. The standard InChI is InChI=1S/C18H23N5O2/c1-14(15-6-3-2-4-7-15)23-11-16(10-17(23)24)18(25)20-8-5-9-22-13-19-12-21-22/h2-4,6-7,12-14,16H,5,8-11H2,1H3,(H,20,25)/t14-,16-/m1/s1. The van der Waals surface area contributed by atoms with E-state index in [2.05, 4.69) is 15.4 Å². The highest BCUT2D eigenvalue weighted by Crippen LogP contribution is 2.28. The van der Waals surface area contributed by atoms with Gasteiger partial charge in [-0.25, -0.2) is 4.98 Å². The summed E-state index contributed by atoms with van der Waals surface area (Å²) < 4.78 is 1.73. The molecule has 2 amide bonds. The molecular formula is C18H23N5O2. The molecule has 0 aliphatic carbocycles. The Labute approximate surface area is 147 Å². The first-order valence-electron chi connectivity index (χ1n) is 8.59. The van der Waals surface area contributed by atoms with Crippen molar-refractivity contribution < 1.29 is 9.59 Å². The van der Waals surface area contributed by atoms with E-state index >= 15 is 0 Å². The molecule has 1 aliphatic rings. The molecule has 1 aromatic heterocycles. The average Bonchev–Trinajstić information content (AvgIpc) is 3.28. The van der Waals surface area contributed by atoms with E-state index in [0.717, 1.165) is 12.0 Å². The molecule has 7 nitrogen and oxygen atoms in total. The minimum absolute atomic E-state index is 0.0150. The van der Waals surface area contributed by atoms with Crippen molar-refractivity contribution in [2.75, 3.05) is 13.1 Å². The molecule has 7 heteroatoms. The predicted molar refractivity (Wildman–Crippen MR) is 92.3 cm³/mol. The Kier molecular flexibility index (Phi) is 5.42. The highest BCUT2D eigenvalue weighted by Gasteiger charge is 2.36. The number of rotatable bonds is 7. The van der Waals surface area contributed by atoms with E-state index in [-0.39, 0.29) is 30.2 Å². The number of nitrogens with one attached hydrogen (secondary N) is 1. The van der Waals surface area contributed by atoms with Crippen LogP contribution in [-0.4, -0.2) is 44.6 Å².